The highest BCUT2D eigenvalue weighted by molar-refractivity contribution is 7.09. The van der Waals surface area contributed by atoms with Gasteiger partial charge in [-0.05, 0) is 19.4 Å². The first-order chi connectivity index (χ1) is 7.87. The monoisotopic (exact) mass is 266 g/mol. The highest BCUT2D eigenvalue weighted by Gasteiger charge is 2.29. The van der Waals surface area contributed by atoms with Gasteiger partial charge in [0.25, 0.3) is 0 Å². The highest BCUT2D eigenvalue weighted by Crippen LogP contribution is 2.23. The number of nitrogens with zero attached hydrogens (tertiary/aromatic N) is 1. The molecule has 2 nitrogen and oxygen atoms in total. The van der Waals surface area contributed by atoms with Crippen LogP contribution >= 0.6 is 11.3 Å². The molecule has 0 bridgehead atoms. The van der Waals surface area contributed by atoms with E-state index in [0.717, 1.165) is 36.4 Å². The molecular weight excluding hydrogens is 249 g/mol. The summed E-state index contributed by atoms with van der Waals surface area (Å²) in [6.07, 6.45) is -3.45. The van der Waals surface area contributed by atoms with Crippen molar-refractivity contribution in [1.29, 1.82) is 0 Å². The van der Waals surface area contributed by atoms with Crippen LogP contribution in [-0.4, -0.2) is 23.7 Å². The molecule has 0 spiro atoms. The van der Waals surface area contributed by atoms with Gasteiger partial charge in [0.2, 0.25) is 0 Å². The number of hydrogen-bond donors (Lipinski definition) is 1. The second-order valence-electron chi connectivity index (χ2n) is 4.24. The van der Waals surface area contributed by atoms with Gasteiger partial charge in [-0.15, -0.1) is 11.3 Å². The number of aromatic nitrogens is 1. The summed E-state index contributed by atoms with van der Waals surface area (Å²) in [5, 5.41) is 5.13. The van der Waals surface area contributed by atoms with Gasteiger partial charge in [-0.1, -0.05) is 13.8 Å². The predicted octanol–water partition coefficient (Wildman–Crippen LogP) is 3.18. The fraction of sp³-hybridized carbons (Fsp3) is 0.727. The lowest BCUT2D eigenvalue weighted by Gasteiger charge is -2.06. The Labute approximate surface area is 103 Å². The average molecular weight is 266 g/mol. The Balaban J connectivity index is 2.31. The van der Waals surface area contributed by atoms with Gasteiger partial charge in [0, 0.05) is 11.4 Å². The van der Waals surface area contributed by atoms with Gasteiger partial charge in [0.05, 0.1) is 12.1 Å². The number of halogens is 3. The molecule has 1 rings (SSSR count). The fourth-order valence-corrected chi connectivity index (χ4v) is 2.24. The molecule has 0 fully saturated rings. The second-order valence-corrected chi connectivity index (χ2v) is 5.18. The van der Waals surface area contributed by atoms with Crippen LogP contribution in [0.25, 0.3) is 0 Å². The van der Waals surface area contributed by atoms with Crippen LogP contribution in [0.3, 0.4) is 0 Å². The number of alkyl halides is 3. The summed E-state index contributed by atoms with van der Waals surface area (Å²) in [6, 6.07) is 0.436. The molecule has 1 aromatic rings. The Morgan fingerprint density at radius 2 is 2.12 bits per heavy atom. The minimum absolute atomic E-state index is 0.157. The van der Waals surface area contributed by atoms with E-state index >= 15 is 0 Å². The Morgan fingerprint density at radius 1 is 1.41 bits per heavy atom. The summed E-state index contributed by atoms with van der Waals surface area (Å²) in [7, 11) is 0. The van der Waals surface area contributed by atoms with Crippen LogP contribution in [0.2, 0.25) is 0 Å². The van der Waals surface area contributed by atoms with Gasteiger partial charge in [-0.2, -0.15) is 13.2 Å². The van der Waals surface area contributed by atoms with Gasteiger partial charge in [-0.25, -0.2) is 4.98 Å². The first-order valence-corrected chi connectivity index (χ1v) is 6.48. The van der Waals surface area contributed by atoms with Crippen LogP contribution in [0.4, 0.5) is 13.2 Å². The second kappa shape index (κ2) is 6.35. The Bertz CT molecular complexity index is 334. The highest BCUT2D eigenvalue weighted by atomic mass is 32.1. The molecule has 0 aliphatic carbocycles. The first kappa shape index (κ1) is 14.4. The molecule has 0 aliphatic rings. The molecule has 0 aromatic carbocycles. The van der Waals surface area contributed by atoms with E-state index in [9.17, 15) is 13.2 Å². The fourth-order valence-electron chi connectivity index (χ4n) is 1.38. The predicted molar refractivity (Wildman–Crippen MR) is 63.3 cm³/mol. The van der Waals surface area contributed by atoms with Crippen molar-refractivity contribution >= 4 is 11.3 Å². The third kappa shape index (κ3) is 6.63. The summed E-state index contributed by atoms with van der Waals surface area (Å²) >= 11 is 1.09. The van der Waals surface area contributed by atoms with Crippen LogP contribution in [0.15, 0.2) is 5.38 Å². The van der Waals surface area contributed by atoms with E-state index in [4.69, 9.17) is 0 Å². The maximum atomic E-state index is 12.1. The van der Waals surface area contributed by atoms with Gasteiger partial charge < -0.3 is 5.32 Å². The van der Waals surface area contributed by atoms with Crippen molar-refractivity contribution in [2.45, 2.75) is 45.3 Å². The summed E-state index contributed by atoms with van der Waals surface area (Å²) in [5.41, 5.74) is 0.764. The summed E-state index contributed by atoms with van der Waals surface area (Å²) in [4.78, 5) is 3.98. The molecule has 0 atom stereocenters. The molecule has 1 N–H and O–H groups in total. The van der Waals surface area contributed by atoms with Gasteiger partial charge in [-0.3, -0.25) is 0 Å². The van der Waals surface area contributed by atoms with E-state index in [-0.39, 0.29) is 5.01 Å². The molecule has 1 aromatic heterocycles. The zero-order valence-corrected chi connectivity index (χ0v) is 10.8. The number of thiazole rings is 1. The Hall–Kier alpha value is -0.620. The Kier molecular flexibility index (Phi) is 5.39. The van der Waals surface area contributed by atoms with Crippen molar-refractivity contribution in [3.8, 4) is 0 Å². The van der Waals surface area contributed by atoms with Crippen molar-refractivity contribution < 1.29 is 13.2 Å². The van der Waals surface area contributed by atoms with Crippen LogP contribution in [0.5, 0.6) is 0 Å². The summed E-state index contributed by atoms with van der Waals surface area (Å²) in [5.74, 6) is 0. The van der Waals surface area contributed by atoms with Crippen LogP contribution < -0.4 is 5.32 Å². The Morgan fingerprint density at radius 3 is 2.71 bits per heavy atom. The van der Waals surface area contributed by atoms with E-state index in [1.807, 2.05) is 0 Å². The lowest BCUT2D eigenvalue weighted by molar-refractivity contribution is -0.127. The van der Waals surface area contributed by atoms with Crippen LogP contribution in [-0.2, 0) is 12.8 Å². The van der Waals surface area contributed by atoms with E-state index < -0.39 is 12.6 Å². The molecular formula is C11H17F3N2S. The van der Waals surface area contributed by atoms with E-state index in [2.05, 4.69) is 24.1 Å². The zero-order valence-electron chi connectivity index (χ0n) is 9.97. The normalized spacial score (nSPS) is 12.4. The standard InChI is InChI=1S/C11H17F3N2S/c1-8(2)15-5-3-4-9-7-17-10(16-9)6-11(12,13)14/h7-8,15H,3-6H2,1-2H3. The number of hydrogen-bond acceptors (Lipinski definition) is 3. The van der Waals surface area contributed by atoms with E-state index in [1.165, 1.54) is 0 Å². The molecule has 1 heterocycles. The van der Waals surface area contributed by atoms with Crippen molar-refractivity contribution in [1.82, 2.24) is 10.3 Å². The first-order valence-electron chi connectivity index (χ1n) is 5.60. The molecule has 0 radical (unpaired) electrons. The molecule has 0 saturated heterocycles. The maximum absolute atomic E-state index is 12.1. The number of aryl methyl sites for hydroxylation is 1. The summed E-state index contributed by atoms with van der Waals surface area (Å²) < 4.78 is 36.3. The van der Waals surface area contributed by atoms with Gasteiger partial charge in [0.15, 0.2) is 0 Å². The van der Waals surface area contributed by atoms with E-state index in [0.29, 0.717) is 6.04 Å². The smallest absolute Gasteiger partial charge is 0.315 e. The largest absolute Gasteiger partial charge is 0.395 e. The molecule has 6 heteroatoms. The third-order valence-electron chi connectivity index (χ3n) is 2.11. The molecule has 0 unspecified atom stereocenters. The van der Waals surface area contributed by atoms with Crippen molar-refractivity contribution in [2.75, 3.05) is 6.54 Å². The quantitative estimate of drug-likeness (QED) is 0.800. The number of rotatable bonds is 6. The lowest BCUT2D eigenvalue weighted by atomic mass is 10.2. The molecule has 98 valence electrons. The molecule has 0 aliphatic heterocycles. The maximum Gasteiger partial charge on any atom is 0.395 e. The molecule has 0 saturated carbocycles. The third-order valence-corrected chi connectivity index (χ3v) is 3.01. The minimum atomic E-state index is -4.16. The van der Waals surface area contributed by atoms with E-state index in [1.54, 1.807) is 5.38 Å². The van der Waals surface area contributed by atoms with Crippen molar-refractivity contribution in [3.05, 3.63) is 16.1 Å². The zero-order chi connectivity index (χ0) is 12.9. The minimum Gasteiger partial charge on any atom is -0.315 e. The molecule has 0 amide bonds. The summed E-state index contributed by atoms with van der Waals surface area (Å²) in [6.45, 7) is 4.98. The van der Waals surface area contributed by atoms with Crippen molar-refractivity contribution in [2.24, 2.45) is 0 Å². The van der Waals surface area contributed by atoms with Gasteiger partial charge in [0.1, 0.15) is 5.01 Å². The molecule has 17 heavy (non-hydrogen) atoms. The van der Waals surface area contributed by atoms with Crippen LogP contribution in [0.1, 0.15) is 31.0 Å². The SMILES string of the molecule is CC(C)NCCCc1csc(CC(F)(F)F)n1. The average Bonchev–Trinajstić information content (AvgIpc) is 2.57. The van der Waals surface area contributed by atoms with Gasteiger partial charge >= 0.3 is 6.18 Å². The van der Waals surface area contributed by atoms with Crippen molar-refractivity contribution in [3.63, 3.8) is 0 Å². The number of nitrogens with one attached hydrogen (secondary N) is 1. The lowest BCUT2D eigenvalue weighted by Crippen LogP contribution is -2.23. The van der Waals surface area contributed by atoms with Crippen LogP contribution in [0, 0.1) is 0 Å². The topological polar surface area (TPSA) is 24.9 Å².